The van der Waals surface area contributed by atoms with Crippen molar-refractivity contribution in [3.05, 3.63) is 75.5 Å². The Balaban J connectivity index is 1.48. The Kier molecular flexibility index (Phi) is 8.65. The third-order valence-electron chi connectivity index (χ3n) is 6.53. The van der Waals surface area contributed by atoms with Gasteiger partial charge in [0.15, 0.2) is 5.69 Å². The van der Waals surface area contributed by atoms with E-state index in [1.165, 1.54) is 12.1 Å². The summed E-state index contributed by atoms with van der Waals surface area (Å²) in [5.74, 6) is -4.60. The maximum absolute atomic E-state index is 15.4. The first-order valence-electron chi connectivity index (χ1n) is 12.4. The number of halogens is 10. The molecule has 1 saturated heterocycles. The smallest absolute Gasteiger partial charge is 0.406 e. The van der Waals surface area contributed by atoms with E-state index < -0.39 is 82.4 Å². The van der Waals surface area contributed by atoms with Crippen molar-refractivity contribution in [2.24, 2.45) is 5.92 Å². The van der Waals surface area contributed by atoms with Crippen LogP contribution in [0, 0.1) is 11.7 Å². The lowest BCUT2D eigenvalue weighted by Crippen LogP contribution is -2.40. The largest absolute Gasteiger partial charge is 0.573 e. The summed E-state index contributed by atoms with van der Waals surface area (Å²) in [4.78, 5) is 30.9. The van der Waals surface area contributed by atoms with E-state index >= 15 is 4.39 Å². The number of aromatic nitrogens is 2. The zero-order chi connectivity index (χ0) is 31.7. The molecule has 1 aliphatic rings. The van der Waals surface area contributed by atoms with Gasteiger partial charge >= 0.3 is 18.7 Å². The molecule has 2 heterocycles. The lowest BCUT2D eigenvalue weighted by Gasteiger charge is -2.33. The van der Waals surface area contributed by atoms with E-state index in [9.17, 15) is 49.1 Å². The van der Waals surface area contributed by atoms with Crippen molar-refractivity contribution in [3.8, 4) is 17.1 Å². The molecule has 17 heteroatoms. The van der Waals surface area contributed by atoms with Gasteiger partial charge < -0.3 is 19.9 Å². The summed E-state index contributed by atoms with van der Waals surface area (Å²) in [5, 5.41) is 2.39. The fourth-order valence-corrected chi connectivity index (χ4v) is 4.55. The maximum atomic E-state index is 15.4. The highest BCUT2D eigenvalue weighted by atomic mass is 19.4. The van der Waals surface area contributed by atoms with Gasteiger partial charge in [0.1, 0.15) is 17.4 Å². The molecule has 2 aromatic carbocycles. The summed E-state index contributed by atoms with van der Waals surface area (Å²) in [6, 6.07) is 6.35. The van der Waals surface area contributed by atoms with Crippen LogP contribution in [-0.2, 0) is 23.7 Å². The molecule has 0 spiro atoms. The molecule has 0 saturated carbocycles. The zero-order valence-electron chi connectivity index (χ0n) is 21.6. The Labute approximate surface area is 235 Å². The molecular formula is C26H20F10N4O3. The summed E-state index contributed by atoms with van der Waals surface area (Å²) in [7, 11) is 0. The van der Waals surface area contributed by atoms with E-state index in [0.29, 0.717) is 17.8 Å². The van der Waals surface area contributed by atoms with Crippen molar-refractivity contribution in [2.75, 3.05) is 18.0 Å². The second-order valence-electron chi connectivity index (χ2n) is 9.46. The quantitative estimate of drug-likeness (QED) is 0.326. The molecule has 1 amide bonds. The Hall–Kier alpha value is -4.31. The van der Waals surface area contributed by atoms with E-state index in [1.807, 2.05) is 0 Å². The molecule has 2 N–H and O–H groups in total. The van der Waals surface area contributed by atoms with Crippen molar-refractivity contribution in [1.29, 1.82) is 0 Å². The Morgan fingerprint density at radius 2 is 1.65 bits per heavy atom. The molecule has 0 radical (unpaired) electrons. The summed E-state index contributed by atoms with van der Waals surface area (Å²) >= 11 is 0. The van der Waals surface area contributed by atoms with Gasteiger partial charge in [-0.3, -0.25) is 9.59 Å². The molecule has 43 heavy (non-hydrogen) atoms. The first-order chi connectivity index (χ1) is 19.9. The standard InChI is InChI=1S/C26H20F10N4O3/c27-21-14(4-5-17(24(28,29)30)20(21)22-38-18(25(31,32)33)11-19(41)39-22)12-37-23(42)13-6-8-40(9-7-13)15-2-1-3-16(10-15)43-26(34,35)36/h1-5,10-11,13H,6-9,12H2,(H,37,42)(H,38,39,41). The summed E-state index contributed by atoms with van der Waals surface area (Å²) < 4.78 is 137. The van der Waals surface area contributed by atoms with Gasteiger partial charge in [-0.05, 0) is 31.0 Å². The predicted octanol–water partition coefficient (Wildman–Crippen LogP) is 6.05. The van der Waals surface area contributed by atoms with Crippen molar-refractivity contribution in [3.63, 3.8) is 0 Å². The number of H-pyrrole nitrogens is 1. The second-order valence-corrected chi connectivity index (χ2v) is 9.46. The molecule has 1 fully saturated rings. The van der Waals surface area contributed by atoms with Crippen LogP contribution in [0.15, 0.2) is 47.3 Å². The van der Waals surface area contributed by atoms with Crippen molar-refractivity contribution in [2.45, 2.75) is 38.1 Å². The fourth-order valence-electron chi connectivity index (χ4n) is 4.55. The minimum atomic E-state index is -5.24. The first-order valence-corrected chi connectivity index (χ1v) is 12.4. The molecule has 4 rings (SSSR count). The van der Waals surface area contributed by atoms with Crippen LogP contribution >= 0.6 is 0 Å². The van der Waals surface area contributed by atoms with Crippen LogP contribution in [0.2, 0.25) is 0 Å². The molecular weight excluding hydrogens is 606 g/mol. The van der Waals surface area contributed by atoms with Gasteiger partial charge in [0.05, 0.1) is 11.1 Å². The van der Waals surface area contributed by atoms with Crippen molar-refractivity contribution < 1.29 is 53.4 Å². The fraction of sp³-hybridized carbons (Fsp3) is 0.346. The summed E-state index contributed by atoms with van der Waals surface area (Å²) in [6.45, 7) is -0.141. The SMILES string of the molecule is O=C(NCc1ccc(C(F)(F)F)c(-c2nc(C(F)(F)F)cc(=O)[nH]2)c1F)C1CCN(c2cccc(OC(F)(F)F)c2)CC1. The number of amides is 1. The monoisotopic (exact) mass is 626 g/mol. The van der Waals surface area contributed by atoms with Crippen LogP contribution in [0.5, 0.6) is 5.75 Å². The number of aromatic amines is 1. The Bertz CT molecular complexity index is 1540. The number of hydrogen-bond acceptors (Lipinski definition) is 5. The van der Waals surface area contributed by atoms with E-state index in [1.54, 1.807) is 16.0 Å². The van der Waals surface area contributed by atoms with Gasteiger partial charge in [-0.25, -0.2) is 9.37 Å². The molecule has 1 aromatic heterocycles. The van der Waals surface area contributed by atoms with Gasteiger partial charge in [0, 0.05) is 48.9 Å². The highest BCUT2D eigenvalue weighted by molar-refractivity contribution is 5.79. The average molecular weight is 626 g/mol. The lowest BCUT2D eigenvalue weighted by atomic mass is 9.95. The average Bonchev–Trinajstić information content (AvgIpc) is 2.90. The topological polar surface area (TPSA) is 87.3 Å². The van der Waals surface area contributed by atoms with Gasteiger partial charge in [-0.15, -0.1) is 13.2 Å². The first kappa shape index (κ1) is 31.6. The third-order valence-corrected chi connectivity index (χ3v) is 6.53. The van der Waals surface area contributed by atoms with Crippen LogP contribution in [0.4, 0.5) is 49.6 Å². The summed E-state index contributed by atoms with van der Waals surface area (Å²) in [5.41, 5.74) is -6.51. The number of benzene rings is 2. The van der Waals surface area contributed by atoms with Gasteiger partial charge in [0.25, 0.3) is 5.56 Å². The minimum absolute atomic E-state index is 0.0110. The van der Waals surface area contributed by atoms with E-state index in [2.05, 4.69) is 15.0 Å². The van der Waals surface area contributed by atoms with Crippen LogP contribution in [-0.4, -0.2) is 35.3 Å². The maximum Gasteiger partial charge on any atom is 0.573 e. The number of rotatable bonds is 6. The van der Waals surface area contributed by atoms with Gasteiger partial charge in [-0.1, -0.05) is 12.1 Å². The number of piperidine rings is 1. The number of nitrogens with zero attached hydrogens (tertiary/aromatic N) is 2. The number of carbonyl (C=O) groups excluding carboxylic acids is 1. The number of carbonyl (C=O) groups is 1. The number of alkyl halides is 9. The van der Waals surface area contributed by atoms with Gasteiger partial charge in [0.2, 0.25) is 5.91 Å². The third kappa shape index (κ3) is 7.75. The molecule has 232 valence electrons. The van der Waals surface area contributed by atoms with E-state index in [4.69, 9.17) is 0 Å². The minimum Gasteiger partial charge on any atom is -0.406 e. The summed E-state index contributed by atoms with van der Waals surface area (Å²) in [6.07, 6.45) is -14.9. The Morgan fingerprint density at radius 1 is 0.977 bits per heavy atom. The molecule has 0 bridgehead atoms. The van der Waals surface area contributed by atoms with Crippen LogP contribution in [0.3, 0.4) is 0 Å². The normalized spacial score (nSPS) is 15.0. The molecule has 3 aromatic rings. The molecule has 1 aliphatic heterocycles. The van der Waals surface area contributed by atoms with Crippen molar-refractivity contribution >= 4 is 11.6 Å². The van der Waals surface area contributed by atoms with Gasteiger partial charge in [-0.2, -0.15) is 26.3 Å². The van der Waals surface area contributed by atoms with Crippen molar-refractivity contribution in [1.82, 2.24) is 15.3 Å². The lowest BCUT2D eigenvalue weighted by molar-refractivity contribution is -0.274. The van der Waals surface area contributed by atoms with Crippen LogP contribution in [0.25, 0.3) is 11.4 Å². The molecule has 0 aliphatic carbocycles. The highest BCUT2D eigenvalue weighted by Crippen LogP contribution is 2.39. The van der Waals surface area contributed by atoms with E-state index in [-0.39, 0.29) is 32.0 Å². The predicted molar refractivity (Wildman–Crippen MR) is 130 cm³/mol. The number of ether oxygens (including phenoxy) is 1. The van der Waals surface area contributed by atoms with Crippen LogP contribution in [0.1, 0.15) is 29.7 Å². The number of nitrogens with one attached hydrogen (secondary N) is 2. The zero-order valence-corrected chi connectivity index (χ0v) is 21.6. The number of anilines is 1. The molecule has 0 atom stereocenters. The second kappa shape index (κ2) is 11.8. The number of hydrogen-bond donors (Lipinski definition) is 2. The molecule has 0 unspecified atom stereocenters. The molecule has 7 nitrogen and oxygen atoms in total. The highest BCUT2D eigenvalue weighted by Gasteiger charge is 2.39. The van der Waals surface area contributed by atoms with E-state index in [0.717, 1.165) is 6.07 Å². The Morgan fingerprint density at radius 3 is 2.26 bits per heavy atom. The van der Waals surface area contributed by atoms with Crippen LogP contribution < -0.4 is 20.5 Å².